The molecular weight excluding hydrogens is 448 g/mol. The van der Waals surface area contributed by atoms with Crippen LogP contribution in [0.25, 0.3) is 10.8 Å². The van der Waals surface area contributed by atoms with Gasteiger partial charge in [-0.3, -0.25) is 4.79 Å². The van der Waals surface area contributed by atoms with Gasteiger partial charge in [-0.25, -0.2) is 0 Å². The molecule has 2 N–H and O–H groups in total. The number of benzene rings is 3. The second-order valence-corrected chi connectivity index (χ2v) is 11.7. The Hall–Kier alpha value is -2.72. The molecule has 0 aliphatic heterocycles. The molecule has 3 atom stereocenters. The number of rotatable bonds is 3. The third-order valence-corrected chi connectivity index (χ3v) is 9.03. The van der Waals surface area contributed by atoms with Crippen LogP contribution in [0.4, 0.5) is 5.69 Å². The third-order valence-electron chi connectivity index (χ3n) is 8.83. The minimum Gasteiger partial charge on any atom is -0.332 e. The zero-order valence-electron chi connectivity index (χ0n) is 21.3. The Morgan fingerprint density at radius 1 is 1.03 bits per heavy atom. The van der Waals surface area contributed by atoms with Crippen LogP contribution in [-0.2, 0) is 16.6 Å². The first-order valence-electron chi connectivity index (χ1n) is 13.0. The Kier molecular flexibility index (Phi) is 6.21. The maximum atomic E-state index is 13.8. The van der Waals surface area contributed by atoms with Crippen molar-refractivity contribution in [2.24, 2.45) is 11.3 Å². The molecule has 0 radical (unpaired) electrons. The molecule has 5 rings (SSSR count). The van der Waals surface area contributed by atoms with Gasteiger partial charge in [0.2, 0.25) is 5.91 Å². The summed E-state index contributed by atoms with van der Waals surface area (Å²) in [5.74, 6) is 0.874. The summed E-state index contributed by atoms with van der Waals surface area (Å²) in [6.45, 7) is 9.07. The Balaban J connectivity index is 1.37. The van der Waals surface area contributed by atoms with Crippen molar-refractivity contribution < 1.29 is 4.79 Å². The number of thiocarbonyl (C=S) groups is 1. The number of fused-ring (bicyclic) bond motifs is 4. The van der Waals surface area contributed by atoms with E-state index in [9.17, 15) is 4.79 Å². The topological polar surface area (TPSA) is 41.1 Å². The van der Waals surface area contributed by atoms with E-state index in [1.165, 1.54) is 16.7 Å². The molecule has 1 saturated carbocycles. The van der Waals surface area contributed by atoms with Gasteiger partial charge < -0.3 is 10.6 Å². The molecule has 4 heteroatoms. The molecule has 3 nitrogen and oxygen atoms in total. The lowest BCUT2D eigenvalue weighted by Crippen LogP contribution is -2.56. The van der Waals surface area contributed by atoms with E-state index in [-0.39, 0.29) is 11.3 Å². The zero-order valence-corrected chi connectivity index (χ0v) is 22.1. The highest BCUT2D eigenvalue weighted by Crippen LogP contribution is 2.57. The lowest BCUT2D eigenvalue weighted by atomic mass is 9.49. The van der Waals surface area contributed by atoms with E-state index in [0.717, 1.165) is 48.6 Å². The predicted octanol–water partition coefficient (Wildman–Crippen LogP) is 7.49. The van der Waals surface area contributed by atoms with Crippen molar-refractivity contribution in [1.29, 1.82) is 0 Å². The van der Waals surface area contributed by atoms with Crippen molar-refractivity contribution in [1.82, 2.24) is 5.32 Å². The lowest BCUT2D eigenvalue weighted by molar-refractivity contribution is -0.137. The van der Waals surface area contributed by atoms with Crippen molar-refractivity contribution in [2.75, 3.05) is 5.32 Å². The number of nitrogens with one attached hydrogen (secondary N) is 2. The maximum absolute atomic E-state index is 13.8. The first-order valence-corrected chi connectivity index (χ1v) is 13.4. The molecule has 35 heavy (non-hydrogen) atoms. The fraction of sp³-hybridized carbons (Fsp3) is 0.419. The molecule has 2 aliphatic carbocycles. The van der Waals surface area contributed by atoms with Crippen LogP contribution in [0.2, 0.25) is 0 Å². The number of aryl methyl sites for hydroxylation is 1. The van der Waals surface area contributed by atoms with E-state index in [2.05, 4.69) is 74.7 Å². The van der Waals surface area contributed by atoms with Gasteiger partial charge in [-0.15, -0.1) is 0 Å². The molecular formula is C31H36N2OS. The Morgan fingerprint density at radius 3 is 2.60 bits per heavy atom. The number of carbonyl (C=O) groups excluding carboxylic acids is 1. The Morgan fingerprint density at radius 2 is 1.80 bits per heavy atom. The summed E-state index contributed by atoms with van der Waals surface area (Å²) in [5.41, 5.74) is 4.82. The monoisotopic (exact) mass is 484 g/mol. The van der Waals surface area contributed by atoms with Crippen molar-refractivity contribution in [3.63, 3.8) is 0 Å². The largest absolute Gasteiger partial charge is 0.332 e. The smallest absolute Gasteiger partial charge is 0.232 e. The van der Waals surface area contributed by atoms with Crippen LogP contribution in [0.1, 0.15) is 76.0 Å². The quantitative estimate of drug-likeness (QED) is 0.379. The Bertz CT molecular complexity index is 1290. The molecule has 2 unspecified atom stereocenters. The second-order valence-electron chi connectivity index (χ2n) is 11.3. The summed E-state index contributed by atoms with van der Waals surface area (Å²) in [7, 11) is 0. The SMILES string of the molecule is CC(C)c1ccc2c(c1)CCC1C2(C)CCC[C@@]1(C)C(=O)NC(=S)Nc1cccc2ccccc12. The van der Waals surface area contributed by atoms with Crippen molar-refractivity contribution in [2.45, 2.75) is 71.1 Å². The zero-order chi connectivity index (χ0) is 24.8. The van der Waals surface area contributed by atoms with Gasteiger partial charge in [0.15, 0.2) is 5.11 Å². The fourth-order valence-electron chi connectivity index (χ4n) is 6.88. The van der Waals surface area contributed by atoms with Gasteiger partial charge in [0.05, 0.1) is 5.41 Å². The summed E-state index contributed by atoms with van der Waals surface area (Å²) in [4.78, 5) is 13.8. The number of hydrogen-bond acceptors (Lipinski definition) is 2. The van der Waals surface area contributed by atoms with Gasteiger partial charge in [-0.1, -0.05) is 88.7 Å². The molecule has 0 bridgehead atoms. The number of amides is 1. The Labute approximate surface area is 214 Å². The molecule has 2 aliphatic rings. The lowest BCUT2D eigenvalue weighted by Gasteiger charge is -2.54. The molecule has 182 valence electrons. The first kappa shape index (κ1) is 24.0. The van der Waals surface area contributed by atoms with Crippen molar-refractivity contribution in [3.05, 3.63) is 77.4 Å². The second kappa shape index (κ2) is 9.05. The molecule has 0 aromatic heterocycles. The number of hydrogen-bond donors (Lipinski definition) is 2. The molecule has 0 saturated heterocycles. The average Bonchev–Trinajstić information content (AvgIpc) is 2.83. The highest BCUT2D eigenvalue weighted by molar-refractivity contribution is 7.80. The van der Waals surface area contributed by atoms with Crippen LogP contribution < -0.4 is 10.6 Å². The van der Waals surface area contributed by atoms with Crippen molar-refractivity contribution >= 4 is 39.7 Å². The van der Waals surface area contributed by atoms with Gasteiger partial charge in [0, 0.05) is 11.1 Å². The van der Waals surface area contributed by atoms with Crippen LogP contribution in [0.5, 0.6) is 0 Å². The van der Waals surface area contributed by atoms with Crippen LogP contribution >= 0.6 is 12.2 Å². The van der Waals surface area contributed by atoms with Crippen LogP contribution in [0, 0.1) is 11.3 Å². The van der Waals surface area contributed by atoms with E-state index in [4.69, 9.17) is 12.2 Å². The molecule has 0 spiro atoms. The van der Waals surface area contributed by atoms with E-state index in [1.54, 1.807) is 0 Å². The van der Waals surface area contributed by atoms with Gasteiger partial charge in [-0.05, 0) is 83.3 Å². The third kappa shape index (κ3) is 4.16. The molecule has 1 amide bonds. The summed E-state index contributed by atoms with van der Waals surface area (Å²) in [6, 6.07) is 21.4. The average molecular weight is 485 g/mol. The van der Waals surface area contributed by atoms with Crippen LogP contribution in [0.3, 0.4) is 0 Å². The first-order chi connectivity index (χ1) is 16.7. The highest BCUT2D eigenvalue weighted by Gasteiger charge is 2.55. The normalized spacial score (nSPS) is 25.6. The predicted molar refractivity (Wildman–Crippen MR) is 150 cm³/mol. The van der Waals surface area contributed by atoms with E-state index < -0.39 is 5.41 Å². The van der Waals surface area contributed by atoms with Gasteiger partial charge in [0.25, 0.3) is 0 Å². The molecule has 3 aromatic rings. The van der Waals surface area contributed by atoms with E-state index in [1.807, 2.05) is 24.3 Å². The summed E-state index contributed by atoms with van der Waals surface area (Å²) in [5, 5.41) is 8.97. The maximum Gasteiger partial charge on any atom is 0.232 e. The molecule has 1 fully saturated rings. The highest BCUT2D eigenvalue weighted by atomic mass is 32.1. The summed E-state index contributed by atoms with van der Waals surface area (Å²) >= 11 is 5.63. The van der Waals surface area contributed by atoms with Gasteiger partial charge in [0.1, 0.15) is 0 Å². The molecule has 0 heterocycles. The van der Waals surface area contributed by atoms with E-state index >= 15 is 0 Å². The van der Waals surface area contributed by atoms with E-state index in [0.29, 0.717) is 16.9 Å². The van der Waals surface area contributed by atoms with Gasteiger partial charge >= 0.3 is 0 Å². The minimum atomic E-state index is -0.452. The summed E-state index contributed by atoms with van der Waals surface area (Å²) in [6.07, 6.45) is 5.16. The number of anilines is 1. The standard InChI is InChI=1S/C31H36N2OS/c1-20(2)22-13-15-25-23(19-22)14-16-27-30(25,3)17-8-18-31(27,4)28(34)33-29(35)32-26-12-7-10-21-9-5-6-11-24(21)26/h5-7,9-13,15,19-20,27H,8,14,16-18H2,1-4H3,(H2,32,33,34,35)/t27?,30?,31-/m1/s1. The van der Waals surface area contributed by atoms with Crippen LogP contribution in [-0.4, -0.2) is 11.0 Å². The fourth-order valence-corrected chi connectivity index (χ4v) is 7.08. The van der Waals surface area contributed by atoms with Crippen molar-refractivity contribution in [3.8, 4) is 0 Å². The number of carbonyl (C=O) groups is 1. The van der Waals surface area contributed by atoms with Gasteiger partial charge in [-0.2, -0.15) is 0 Å². The molecule has 3 aromatic carbocycles. The minimum absolute atomic E-state index is 0.0120. The summed E-state index contributed by atoms with van der Waals surface area (Å²) < 4.78 is 0. The van der Waals surface area contributed by atoms with Crippen LogP contribution in [0.15, 0.2) is 60.7 Å².